The Bertz CT molecular complexity index is 1300. The van der Waals surface area contributed by atoms with E-state index in [1.807, 2.05) is 19.1 Å². The Morgan fingerprint density at radius 2 is 1.84 bits per heavy atom. The van der Waals surface area contributed by atoms with Gasteiger partial charge in [-0.1, -0.05) is 0 Å². The first-order valence-electron chi connectivity index (χ1n) is 9.92. The molecule has 0 saturated carbocycles. The van der Waals surface area contributed by atoms with Crippen LogP contribution in [0.3, 0.4) is 0 Å². The summed E-state index contributed by atoms with van der Waals surface area (Å²) in [4.78, 5) is 26.1. The number of hydrogen-bond acceptors (Lipinski definition) is 6. The number of hydrogen-bond donors (Lipinski definition) is 2. The van der Waals surface area contributed by atoms with E-state index in [1.165, 1.54) is 12.1 Å². The second-order valence-corrected chi connectivity index (χ2v) is 7.25. The third-order valence-corrected chi connectivity index (χ3v) is 5.14. The Hall–Kier alpha value is -4.40. The van der Waals surface area contributed by atoms with Crippen LogP contribution < -0.4 is 10.6 Å². The molecular formula is C23H18FN7O. The maximum atomic E-state index is 13.4. The van der Waals surface area contributed by atoms with Crippen LogP contribution in [0.1, 0.15) is 18.5 Å². The second-order valence-electron chi connectivity index (χ2n) is 7.25. The molecular weight excluding hydrogens is 409 g/mol. The van der Waals surface area contributed by atoms with Gasteiger partial charge in [0, 0.05) is 29.9 Å². The van der Waals surface area contributed by atoms with Crippen LogP contribution in [-0.4, -0.2) is 30.6 Å². The van der Waals surface area contributed by atoms with Crippen molar-refractivity contribution in [3.05, 3.63) is 96.0 Å². The maximum absolute atomic E-state index is 13.4. The van der Waals surface area contributed by atoms with E-state index in [2.05, 4.69) is 30.7 Å². The number of nitrogens with one attached hydrogen (secondary N) is 2. The van der Waals surface area contributed by atoms with Crippen molar-refractivity contribution in [2.24, 2.45) is 0 Å². The summed E-state index contributed by atoms with van der Waals surface area (Å²) in [6, 6.07) is 12.6. The number of amides is 1. The predicted molar refractivity (Wildman–Crippen MR) is 117 cm³/mol. The van der Waals surface area contributed by atoms with Gasteiger partial charge in [0.05, 0.1) is 17.5 Å². The van der Waals surface area contributed by atoms with Crippen molar-refractivity contribution in [1.29, 1.82) is 0 Å². The number of benzene rings is 1. The van der Waals surface area contributed by atoms with Gasteiger partial charge in [-0.2, -0.15) is 4.98 Å². The molecule has 4 heterocycles. The standard InChI is InChI=1S/C23H18FN7O/c1-14-19(22(32)28-18-3-2-10-26-13-18)20(15-8-11-25-12-9-15)31-23(27-14)29-21(30-31)16-4-6-17(24)7-5-16/h2-13,20H,1H3,(H,28,32)(H,27,29,30). The summed E-state index contributed by atoms with van der Waals surface area (Å²) in [6.45, 7) is 1.82. The number of rotatable bonds is 4. The van der Waals surface area contributed by atoms with Gasteiger partial charge >= 0.3 is 0 Å². The molecule has 0 saturated heterocycles. The molecule has 5 rings (SSSR count). The predicted octanol–water partition coefficient (Wildman–Crippen LogP) is 3.80. The van der Waals surface area contributed by atoms with Gasteiger partial charge in [0.1, 0.15) is 11.9 Å². The summed E-state index contributed by atoms with van der Waals surface area (Å²) in [6.07, 6.45) is 6.56. The van der Waals surface area contributed by atoms with Crippen molar-refractivity contribution in [2.45, 2.75) is 13.0 Å². The lowest BCUT2D eigenvalue weighted by Gasteiger charge is -2.28. The summed E-state index contributed by atoms with van der Waals surface area (Å²) in [5.41, 5.74) is 3.22. The fourth-order valence-electron chi connectivity index (χ4n) is 3.66. The molecule has 0 aliphatic carbocycles. The number of anilines is 2. The maximum Gasteiger partial charge on any atom is 0.255 e. The molecule has 32 heavy (non-hydrogen) atoms. The highest BCUT2D eigenvalue weighted by Gasteiger charge is 2.34. The van der Waals surface area contributed by atoms with Gasteiger partial charge in [-0.25, -0.2) is 9.07 Å². The third kappa shape index (κ3) is 3.60. The largest absolute Gasteiger partial charge is 0.328 e. The number of nitrogens with zero attached hydrogens (tertiary/aromatic N) is 5. The van der Waals surface area contributed by atoms with Crippen LogP contribution in [0.2, 0.25) is 0 Å². The number of pyridine rings is 2. The average molecular weight is 427 g/mol. The summed E-state index contributed by atoms with van der Waals surface area (Å²) >= 11 is 0. The average Bonchev–Trinajstić information content (AvgIpc) is 3.23. The van der Waals surface area contributed by atoms with Gasteiger partial charge in [-0.15, -0.1) is 5.10 Å². The number of fused-ring (bicyclic) bond motifs is 1. The summed E-state index contributed by atoms with van der Waals surface area (Å²) in [5, 5.41) is 10.7. The van der Waals surface area contributed by atoms with Crippen LogP contribution in [-0.2, 0) is 4.79 Å². The van der Waals surface area contributed by atoms with E-state index in [4.69, 9.17) is 0 Å². The molecule has 1 atom stereocenters. The molecule has 1 aromatic carbocycles. The normalized spacial score (nSPS) is 15.1. The zero-order valence-corrected chi connectivity index (χ0v) is 17.0. The Labute approximate surface area is 182 Å². The van der Waals surface area contributed by atoms with Crippen molar-refractivity contribution < 1.29 is 9.18 Å². The molecule has 158 valence electrons. The topological polar surface area (TPSA) is 97.6 Å². The molecule has 3 aromatic heterocycles. The zero-order chi connectivity index (χ0) is 22.1. The van der Waals surface area contributed by atoms with Crippen LogP contribution in [0.15, 0.2) is 84.6 Å². The van der Waals surface area contributed by atoms with Gasteiger partial charge in [0.25, 0.3) is 5.91 Å². The first-order chi connectivity index (χ1) is 15.6. The lowest BCUT2D eigenvalue weighted by molar-refractivity contribution is -0.113. The molecule has 9 heteroatoms. The third-order valence-electron chi connectivity index (χ3n) is 5.14. The van der Waals surface area contributed by atoms with E-state index in [0.29, 0.717) is 34.3 Å². The van der Waals surface area contributed by atoms with Crippen LogP contribution >= 0.6 is 0 Å². The number of aromatic nitrogens is 5. The van der Waals surface area contributed by atoms with Crippen LogP contribution in [0.4, 0.5) is 16.0 Å². The van der Waals surface area contributed by atoms with Crippen LogP contribution in [0.5, 0.6) is 0 Å². The molecule has 0 bridgehead atoms. The highest BCUT2D eigenvalue weighted by molar-refractivity contribution is 6.05. The van der Waals surface area contributed by atoms with Crippen molar-refractivity contribution in [3.63, 3.8) is 0 Å². The molecule has 1 amide bonds. The minimum Gasteiger partial charge on any atom is -0.328 e. The number of allylic oxidation sites excluding steroid dienone is 1. The van der Waals surface area contributed by atoms with E-state index < -0.39 is 6.04 Å². The quantitative estimate of drug-likeness (QED) is 0.514. The number of carbonyl (C=O) groups excluding carboxylic acids is 1. The molecule has 2 N–H and O–H groups in total. The molecule has 4 aromatic rings. The number of halogens is 1. The monoisotopic (exact) mass is 427 g/mol. The van der Waals surface area contributed by atoms with E-state index >= 15 is 0 Å². The zero-order valence-electron chi connectivity index (χ0n) is 17.0. The van der Waals surface area contributed by atoms with Crippen LogP contribution in [0.25, 0.3) is 11.4 Å². The molecule has 0 radical (unpaired) electrons. The molecule has 1 aliphatic rings. The highest BCUT2D eigenvalue weighted by Crippen LogP contribution is 2.36. The molecule has 0 spiro atoms. The Morgan fingerprint density at radius 3 is 2.56 bits per heavy atom. The molecule has 0 fully saturated rings. The molecule has 1 aliphatic heterocycles. The van der Waals surface area contributed by atoms with Crippen molar-refractivity contribution in [3.8, 4) is 11.4 Å². The fraction of sp³-hybridized carbons (Fsp3) is 0.0870. The summed E-state index contributed by atoms with van der Waals surface area (Å²) in [7, 11) is 0. The highest BCUT2D eigenvalue weighted by atomic mass is 19.1. The van der Waals surface area contributed by atoms with Crippen molar-refractivity contribution in [1.82, 2.24) is 24.7 Å². The van der Waals surface area contributed by atoms with E-state index in [1.54, 1.807) is 53.7 Å². The lowest BCUT2D eigenvalue weighted by Crippen LogP contribution is -2.31. The van der Waals surface area contributed by atoms with Crippen LogP contribution in [0, 0.1) is 5.82 Å². The number of carbonyl (C=O) groups is 1. The minimum absolute atomic E-state index is 0.283. The first-order valence-corrected chi connectivity index (χ1v) is 9.92. The van der Waals surface area contributed by atoms with Gasteiger partial charge in [0.2, 0.25) is 5.95 Å². The van der Waals surface area contributed by atoms with E-state index in [0.717, 1.165) is 5.56 Å². The van der Waals surface area contributed by atoms with E-state index in [-0.39, 0.29) is 11.7 Å². The summed E-state index contributed by atoms with van der Waals surface area (Å²) < 4.78 is 15.0. The van der Waals surface area contributed by atoms with E-state index in [9.17, 15) is 9.18 Å². The molecule has 8 nitrogen and oxygen atoms in total. The van der Waals surface area contributed by atoms with Gasteiger partial charge in [-0.05, 0) is 61.0 Å². The first kappa shape index (κ1) is 19.6. The van der Waals surface area contributed by atoms with Crippen molar-refractivity contribution >= 4 is 17.5 Å². The van der Waals surface area contributed by atoms with Crippen molar-refractivity contribution in [2.75, 3.05) is 10.6 Å². The SMILES string of the molecule is CC1=C(C(=O)Nc2cccnc2)C(c2ccncc2)n2nc(-c3ccc(F)cc3)nc2N1. The molecule has 1 unspecified atom stereocenters. The van der Waals surface area contributed by atoms with Gasteiger partial charge in [-0.3, -0.25) is 14.8 Å². The van der Waals surface area contributed by atoms with Gasteiger partial charge < -0.3 is 10.6 Å². The Morgan fingerprint density at radius 1 is 1.06 bits per heavy atom. The van der Waals surface area contributed by atoms with Gasteiger partial charge in [0.15, 0.2) is 5.82 Å². The minimum atomic E-state index is -0.535. The fourth-order valence-corrected chi connectivity index (χ4v) is 3.66. The summed E-state index contributed by atoms with van der Waals surface area (Å²) in [5.74, 6) is 0.293. The lowest BCUT2D eigenvalue weighted by atomic mass is 9.96. The Balaban J connectivity index is 1.59. The smallest absolute Gasteiger partial charge is 0.255 e. The Kier molecular flexibility index (Phi) is 4.91. The second kappa shape index (κ2) is 8.03.